The Morgan fingerprint density at radius 1 is 1.37 bits per heavy atom. The van der Waals surface area contributed by atoms with Crippen LogP contribution in [0.15, 0.2) is 24.3 Å². The van der Waals surface area contributed by atoms with Gasteiger partial charge in [-0.3, -0.25) is 4.79 Å². The van der Waals surface area contributed by atoms with Gasteiger partial charge in [-0.2, -0.15) is 0 Å². The number of carbonyl (C=O) groups is 1. The minimum atomic E-state index is -0.303. The summed E-state index contributed by atoms with van der Waals surface area (Å²) in [5, 5.41) is 2.94. The van der Waals surface area contributed by atoms with Crippen LogP contribution in [-0.4, -0.2) is 18.3 Å². The molecule has 0 bridgehead atoms. The lowest BCUT2D eigenvalue weighted by Gasteiger charge is -2.17. The molecule has 1 saturated carbocycles. The van der Waals surface area contributed by atoms with Crippen LogP contribution in [0.1, 0.15) is 24.8 Å². The molecule has 2 rings (SSSR count). The summed E-state index contributed by atoms with van der Waals surface area (Å²) >= 11 is 5.91. The van der Waals surface area contributed by atoms with Crippen LogP contribution in [0.4, 0.5) is 4.39 Å². The fourth-order valence-electron chi connectivity index (χ4n) is 2.73. The highest BCUT2D eigenvalue weighted by molar-refractivity contribution is 6.18. The second-order valence-electron chi connectivity index (χ2n) is 5.22. The van der Waals surface area contributed by atoms with Gasteiger partial charge in [0.05, 0.1) is 6.42 Å². The van der Waals surface area contributed by atoms with Gasteiger partial charge in [0.25, 0.3) is 0 Å². The summed E-state index contributed by atoms with van der Waals surface area (Å²) in [6, 6.07) is 6.17. The maximum atomic E-state index is 13.0. The van der Waals surface area contributed by atoms with Crippen molar-refractivity contribution in [3.8, 4) is 0 Å². The molecule has 1 aromatic carbocycles. The van der Waals surface area contributed by atoms with Crippen molar-refractivity contribution < 1.29 is 9.18 Å². The summed E-state index contributed by atoms with van der Waals surface area (Å²) < 4.78 is 13.0. The van der Waals surface area contributed by atoms with Gasteiger partial charge in [0.15, 0.2) is 0 Å². The monoisotopic (exact) mass is 283 g/mol. The second-order valence-corrected chi connectivity index (χ2v) is 5.52. The topological polar surface area (TPSA) is 29.1 Å². The molecule has 1 amide bonds. The number of rotatable bonds is 5. The number of carbonyl (C=O) groups excluding carboxylic acids is 1. The summed E-state index contributed by atoms with van der Waals surface area (Å²) in [5.74, 6) is 1.34. The van der Waals surface area contributed by atoms with E-state index in [9.17, 15) is 9.18 Å². The summed E-state index contributed by atoms with van der Waals surface area (Å²) in [7, 11) is 0. The van der Waals surface area contributed by atoms with Crippen molar-refractivity contribution in [1.82, 2.24) is 5.32 Å². The summed E-state index contributed by atoms with van der Waals surface area (Å²) in [4.78, 5) is 11.8. The molecule has 0 saturated heterocycles. The van der Waals surface area contributed by atoms with E-state index in [0.29, 0.717) is 29.8 Å². The number of benzene rings is 1. The predicted octanol–water partition coefficient (Wildman–Crippen LogP) is 3.14. The first-order valence-electron chi connectivity index (χ1n) is 6.76. The average Bonchev–Trinajstić information content (AvgIpc) is 2.83. The molecule has 0 radical (unpaired) electrons. The van der Waals surface area contributed by atoms with E-state index in [2.05, 4.69) is 5.32 Å². The van der Waals surface area contributed by atoms with Crippen molar-refractivity contribution in [2.75, 3.05) is 12.4 Å². The van der Waals surface area contributed by atoms with Gasteiger partial charge in [-0.25, -0.2) is 4.39 Å². The van der Waals surface area contributed by atoms with Crippen LogP contribution < -0.4 is 5.32 Å². The molecule has 0 spiro atoms. The van der Waals surface area contributed by atoms with E-state index >= 15 is 0 Å². The molecular weight excluding hydrogens is 265 g/mol. The first-order chi connectivity index (χ1) is 9.19. The fraction of sp³-hybridized carbons (Fsp3) is 0.533. The highest BCUT2D eigenvalue weighted by Gasteiger charge is 2.26. The molecule has 0 aliphatic heterocycles. The van der Waals surface area contributed by atoms with Gasteiger partial charge < -0.3 is 5.32 Å². The SMILES string of the molecule is O=C(Cc1cccc(F)c1)NCC1CCCC1CCl. The van der Waals surface area contributed by atoms with Gasteiger partial charge in [-0.1, -0.05) is 18.6 Å². The Morgan fingerprint density at radius 2 is 2.16 bits per heavy atom. The standard InChI is InChI=1S/C15H19ClFNO/c16-9-12-4-2-5-13(12)10-18-15(19)8-11-3-1-6-14(17)7-11/h1,3,6-7,12-13H,2,4-5,8-10H2,(H,18,19). The lowest BCUT2D eigenvalue weighted by molar-refractivity contribution is -0.120. The Hall–Kier alpha value is -1.09. The molecule has 2 nitrogen and oxygen atoms in total. The summed E-state index contributed by atoms with van der Waals surface area (Å²) in [6.45, 7) is 0.686. The van der Waals surface area contributed by atoms with Gasteiger partial charge in [-0.05, 0) is 42.4 Å². The Kier molecular flexibility index (Phi) is 5.20. The molecule has 1 aliphatic rings. The number of hydrogen-bond acceptors (Lipinski definition) is 1. The lowest BCUT2D eigenvalue weighted by atomic mass is 9.98. The third kappa shape index (κ3) is 4.20. The zero-order chi connectivity index (χ0) is 13.7. The number of nitrogens with one attached hydrogen (secondary N) is 1. The van der Waals surface area contributed by atoms with E-state index in [-0.39, 0.29) is 18.1 Å². The van der Waals surface area contributed by atoms with E-state index in [1.165, 1.54) is 18.6 Å². The molecule has 2 unspecified atom stereocenters. The van der Waals surface area contributed by atoms with E-state index in [0.717, 1.165) is 12.8 Å². The van der Waals surface area contributed by atoms with Crippen LogP contribution in [0.25, 0.3) is 0 Å². The normalized spacial score (nSPS) is 22.4. The maximum Gasteiger partial charge on any atom is 0.224 e. The van der Waals surface area contributed by atoms with Crippen molar-refractivity contribution in [2.45, 2.75) is 25.7 Å². The molecule has 104 valence electrons. The van der Waals surface area contributed by atoms with Crippen LogP contribution >= 0.6 is 11.6 Å². The molecule has 1 N–H and O–H groups in total. The van der Waals surface area contributed by atoms with Crippen LogP contribution in [-0.2, 0) is 11.2 Å². The van der Waals surface area contributed by atoms with E-state index in [1.54, 1.807) is 12.1 Å². The first kappa shape index (κ1) is 14.3. The van der Waals surface area contributed by atoms with Crippen LogP contribution in [0, 0.1) is 17.7 Å². The first-order valence-corrected chi connectivity index (χ1v) is 7.29. The average molecular weight is 284 g/mol. The highest BCUT2D eigenvalue weighted by atomic mass is 35.5. The molecular formula is C15H19ClFNO. The van der Waals surface area contributed by atoms with Crippen molar-refractivity contribution in [2.24, 2.45) is 11.8 Å². The maximum absolute atomic E-state index is 13.0. The second kappa shape index (κ2) is 6.90. The summed E-state index contributed by atoms with van der Waals surface area (Å²) in [6.07, 6.45) is 3.73. The molecule has 4 heteroatoms. The van der Waals surface area contributed by atoms with E-state index < -0.39 is 0 Å². The van der Waals surface area contributed by atoms with Gasteiger partial charge in [-0.15, -0.1) is 11.6 Å². The third-order valence-electron chi connectivity index (χ3n) is 3.83. The predicted molar refractivity (Wildman–Crippen MR) is 74.7 cm³/mol. The van der Waals surface area contributed by atoms with Gasteiger partial charge in [0, 0.05) is 12.4 Å². The fourth-order valence-corrected chi connectivity index (χ4v) is 3.13. The van der Waals surface area contributed by atoms with Crippen LogP contribution in [0.5, 0.6) is 0 Å². The number of halogens is 2. The molecule has 19 heavy (non-hydrogen) atoms. The van der Waals surface area contributed by atoms with Crippen LogP contribution in [0.2, 0.25) is 0 Å². The Labute approximate surface area is 118 Å². The highest BCUT2D eigenvalue weighted by Crippen LogP contribution is 2.31. The number of alkyl halides is 1. The number of hydrogen-bond donors (Lipinski definition) is 1. The lowest BCUT2D eigenvalue weighted by Crippen LogP contribution is -2.32. The molecule has 0 aromatic heterocycles. The van der Waals surface area contributed by atoms with Crippen molar-refractivity contribution in [3.05, 3.63) is 35.6 Å². The zero-order valence-electron chi connectivity index (χ0n) is 10.9. The Morgan fingerprint density at radius 3 is 2.89 bits per heavy atom. The van der Waals surface area contributed by atoms with Crippen molar-refractivity contribution >= 4 is 17.5 Å². The smallest absolute Gasteiger partial charge is 0.224 e. The number of amides is 1. The quantitative estimate of drug-likeness (QED) is 0.827. The molecule has 1 fully saturated rings. The van der Waals surface area contributed by atoms with Gasteiger partial charge >= 0.3 is 0 Å². The van der Waals surface area contributed by atoms with Crippen molar-refractivity contribution in [1.29, 1.82) is 0 Å². The largest absolute Gasteiger partial charge is 0.356 e. The minimum Gasteiger partial charge on any atom is -0.356 e. The van der Waals surface area contributed by atoms with Crippen LogP contribution in [0.3, 0.4) is 0 Å². The van der Waals surface area contributed by atoms with Crippen molar-refractivity contribution in [3.63, 3.8) is 0 Å². The third-order valence-corrected chi connectivity index (χ3v) is 4.23. The molecule has 1 aromatic rings. The van der Waals surface area contributed by atoms with E-state index in [1.807, 2.05) is 0 Å². The zero-order valence-corrected chi connectivity index (χ0v) is 11.6. The van der Waals surface area contributed by atoms with Gasteiger partial charge in [0.1, 0.15) is 5.82 Å². The Bertz CT molecular complexity index is 438. The Balaban J connectivity index is 1.78. The molecule has 1 aliphatic carbocycles. The van der Waals surface area contributed by atoms with Gasteiger partial charge in [0.2, 0.25) is 5.91 Å². The molecule has 0 heterocycles. The summed E-state index contributed by atoms with van der Waals surface area (Å²) in [5.41, 5.74) is 0.706. The van der Waals surface area contributed by atoms with E-state index in [4.69, 9.17) is 11.6 Å². The molecule has 2 atom stereocenters. The minimum absolute atomic E-state index is 0.0502.